The Morgan fingerprint density at radius 2 is 1.72 bits per heavy atom. The van der Waals surface area contributed by atoms with Crippen LogP contribution >= 0.6 is 0 Å². The van der Waals surface area contributed by atoms with Gasteiger partial charge in [-0.1, -0.05) is 18.2 Å². The Morgan fingerprint density at radius 3 is 2.25 bits per heavy atom. The van der Waals surface area contributed by atoms with Crippen molar-refractivity contribution in [3.8, 4) is 5.75 Å². The van der Waals surface area contributed by atoms with Gasteiger partial charge in [-0.05, 0) is 42.7 Å². The fraction of sp³-hybridized carbons (Fsp3) is 0.435. The summed E-state index contributed by atoms with van der Waals surface area (Å²) in [4.78, 5) is 26.8. The minimum Gasteiger partial charge on any atom is -0.491 e. The van der Waals surface area contributed by atoms with Crippen LogP contribution in [0, 0.1) is 24.0 Å². The molecule has 3 N–H and O–H groups in total. The highest BCUT2D eigenvalue weighted by atomic mass is 16.6. The van der Waals surface area contributed by atoms with Crippen molar-refractivity contribution >= 4 is 11.6 Å². The number of amides is 1. The molecule has 0 aromatic heterocycles. The van der Waals surface area contributed by atoms with Crippen molar-refractivity contribution in [2.45, 2.75) is 26.0 Å². The maximum Gasteiger partial charge on any atom is 0.269 e. The van der Waals surface area contributed by atoms with Crippen LogP contribution in [0.3, 0.4) is 0 Å². The standard InChI is InChI=1S/C23H30N4O5/c1-16-4-3-5-17(2)21(16)22(23(24)29)26-12-10-25(11-13-26)14-19(28)15-32-20-8-6-18(7-9-20)27(30)31/h3-9,19,22,28H,10-15H2,1-2H3,(H2,24,29). The van der Waals surface area contributed by atoms with E-state index in [2.05, 4.69) is 9.80 Å². The number of ether oxygens (including phenoxy) is 1. The minimum absolute atomic E-state index is 0.00840. The molecule has 32 heavy (non-hydrogen) atoms. The molecule has 0 aliphatic carbocycles. The van der Waals surface area contributed by atoms with Gasteiger partial charge in [0.1, 0.15) is 24.5 Å². The van der Waals surface area contributed by atoms with E-state index in [0.717, 1.165) is 16.7 Å². The van der Waals surface area contributed by atoms with E-state index in [1.165, 1.54) is 24.3 Å². The van der Waals surface area contributed by atoms with Crippen molar-refractivity contribution in [3.63, 3.8) is 0 Å². The number of primary amides is 1. The molecule has 1 fully saturated rings. The van der Waals surface area contributed by atoms with E-state index in [9.17, 15) is 20.0 Å². The molecule has 0 spiro atoms. The first-order chi connectivity index (χ1) is 15.3. The van der Waals surface area contributed by atoms with Crippen molar-refractivity contribution < 1.29 is 19.6 Å². The number of aliphatic hydroxyl groups is 1. The van der Waals surface area contributed by atoms with E-state index in [4.69, 9.17) is 10.5 Å². The summed E-state index contributed by atoms with van der Waals surface area (Å²) in [6.45, 7) is 7.24. The van der Waals surface area contributed by atoms with Gasteiger partial charge >= 0.3 is 0 Å². The van der Waals surface area contributed by atoms with Crippen molar-refractivity contribution in [3.05, 3.63) is 69.3 Å². The molecule has 2 aromatic rings. The van der Waals surface area contributed by atoms with Crippen LogP contribution in [0.1, 0.15) is 22.7 Å². The van der Waals surface area contributed by atoms with Gasteiger partial charge < -0.3 is 15.6 Å². The van der Waals surface area contributed by atoms with E-state index in [0.29, 0.717) is 38.5 Å². The maximum atomic E-state index is 12.3. The lowest BCUT2D eigenvalue weighted by atomic mass is 9.94. The van der Waals surface area contributed by atoms with Gasteiger partial charge in [-0.2, -0.15) is 0 Å². The molecule has 1 saturated heterocycles. The number of non-ortho nitro benzene ring substituents is 1. The van der Waals surface area contributed by atoms with Crippen molar-refractivity contribution in [2.24, 2.45) is 5.73 Å². The van der Waals surface area contributed by atoms with Crippen LogP contribution in [-0.4, -0.2) is 71.2 Å². The highest BCUT2D eigenvalue weighted by molar-refractivity contribution is 5.82. The third-order valence-corrected chi connectivity index (χ3v) is 5.82. The number of nitrogens with two attached hydrogens (primary N) is 1. The second kappa shape index (κ2) is 10.5. The average molecular weight is 443 g/mol. The average Bonchev–Trinajstić information content (AvgIpc) is 2.76. The summed E-state index contributed by atoms with van der Waals surface area (Å²) in [5.41, 5.74) is 8.86. The third kappa shape index (κ3) is 5.82. The highest BCUT2D eigenvalue weighted by Gasteiger charge is 2.31. The molecular weight excluding hydrogens is 412 g/mol. The van der Waals surface area contributed by atoms with E-state index in [-0.39, 0.29) is 18.2 Å². The van der Waals surface area contributed by atoms with Crippen LogP contribution in [-0.2, 0) is 4.79 Å². The Hall–Kier alpha value is -3.01. The number of rotatable bonds is 9. The molecule has 0 bridgehead atoms. The molecule has 1 aliphatic heterocycles. The Balaban J connectivity index is 1.51. The van der Waals surface area contributed by atoms with E-state index < -0.39 is 17.1 Å². The Bertz CT molecular complexity index is 922. The fourth-order valence-corrected chi connectivity index (χ4v) is 4.17. The van der Waals surface area contributed by atoms with Crippen molar-refractivity contribution in [2.75, 3.05) is 39.3 Å². The topological polar surface area (TPSA) is 122 Å². The second-order valence-electron chi connectivity index (χ2n) is 8.16. The monoisotopic (exact) mass is 442 g/mol. The molecule has 1 heterocycles. The Labute approximate surface area is 187 Å². The zero-order valence-corrected chi connectivity index (χ0v) is 18.4. The largest absolute Gasteiger partial charge is 0.491 e. The van der Waals surface area contributed by atoms with Gasteiger partial charge in [-0.3, -0.25) is 24.7 Å². The first kappa shape index (κ1) is 23.6. The van der Waals surface area contributed by atoms with Crippen LogP contribution in [0.2, 0.25) is 0 Å². The number of carbonyl (C=O) groups is 1. The number of aryl methyl sites for hydroxylation is 2. The quantitative estimate of drug-likeness (QED) is 0.448. The lowest BCUT2D eigenvalue weighted by Gasteiger charge is -2.39. The van der Waals surface area contributed by atoms with Crippen LogP contribution in [0.4, 0.5) is 5.69 Å². The van der Waals surface area contributed by atoms with E-state index in [1.54, 1.807) is 0 Å². The van der Waals surface area contributed by atoms with Crippen LogP contribution in [0.5, 0.6) is 5.75 Å². The molecule has 9 heteroatoms. The van der Waals surface area contributed by atoms with Crippen LogP contribution in [0.15, 0.2) is 42.5 Å². The number of nitro groups is 1. The number of hydrogen-bond acceptors (Lipinski definition) is 7. The summed E-state index contributed by atoms with van der Waals surface area (Å²) in [5.74, 6) is 0.116. The normalized spacial score (nSPS) is 17.0. The Kier molecular flexibility index (Phi) is 7.79. The summed E-state index contributed by atoms with van der Waals surface area (Å²) in [5, 5.41) is 21.1. The van der Waals surface area contributed by atoms with Crippen molar-refractivity contribution in [1.29, 1.82) is 0 Å². The van der Waals surface area contributed by atoms with Gasteiger partial charge in [0.2, 0.25) is 5.91 Å². The molecule has 3 rings (SSSR count). The zero-order valence-electron chi connectivity index (χ0n) is 18.4. The van der Waals surface area contributed by atoms with Crippen LogP contribution in [0.25, 0.3) is 0 Å². The predicted octanol–water partition coefficient (Wildman–Crippen LogP) is 1.80. The van der Waals surface area contributed by atoms with Crippen molar-refractivity contribution in [1.82, 2.24) is 9.80 Å². The van der Waals surface area contributed by atoms with Gasteiger partial charge in [0.15, 0.2) is 0 Å². The number of aliphatic hydroxyl groups excluding tert-OH is 1. The first-order valence-electron chi connectivity index (χ1n) is 10.6. The molecule has 2 unspecified atom stereocenters. The van der Waals surface area contributed by atoms with Gasteiger partial charge in [0.05, 0.1) is 4.92 Å². The number of piperazine rings is 1. The van der Waals surface area contributed by atoms with E-state index >= 15 is 0 Å². The smallest absolute Gasteiger partial charge is 0.269 e. The van der Waals surface area contributed by atoms with E-state index in [1.807, 2.05) is 32.0 Å². The lowest BCUT2D eigenvalue weighted by Crippen LogP contribution is -2.52. The second-order valence-corrected chi connectivity index (χ2v) is 8.16. The number of β-amino-alcohol motifs (C(OH)–C–C–N with tert-alkyl or cyclic N) is 1. The Morgan fingerprint density at radius 1 is 1.12 bits per heavy atom. The lowest BCUT2D eigenvalue weighted by molar-refractivity contribution is -0.384. The molecule has 172 valence electrons. The SMILES string of the molecule is Cc1cccc(C)c1C(C(N)=O)N1CCN(CC(O)COc2ccc([N+](=O)[O-])cc2)CC1. The maximum absolute atomic E-state index is 12.3. The first-order valence-corrected chi connectivity index (χ1v) is 10.6. The molecular formula is C23H30N4O5. The zero-order chi connectivity index (χ0) is 23.3. The summed E-state index contributed by atoms with van der Waals surface area (Å²) >= 11 is 0. The van der Waals surface area contributed by atoms with Gasteiger partial charge in [-0.15, -0.1) is 0 Å². The molecule has 1 aliphatic rings. The molecule has 9 nitrogen and oxygen atoms in total. The summed E-state index contributed by atoms with van der Waals surface area (Å²) < 4.78 is 5.55. The van der Waals surface area contributed by atoms with Gasteiger partial charge in [0.25, 0.3) is 5.69 Å². The fourth-order valence-electron chi connectivity index (χ4n) is 4.17. The minimum atomic E-state index is -0.706. The number of nitro benzene ring substituents is 1. The summed E-state index contributed by atoms with van der Waals surface area (Å²) in [7, 11) is 0. The molecule has 0 radical (unpaired) electrons. The number of carbonyl (C=O) groups excluding carboxylic acids is 1. The highest BCUT2D eigenvalue weighted by Crippen LogP contribution is 2.28. The number of hydrogen-bond donors (Lipinski definition) is 2. The third-order valence-electron chi connectivity index (χ3n) is 5.82. The molecule has 2 atom stereocenters. The number of nitrogens with zero attached hydrogens (tertiary/aromatic N) is 3. The van der Waals surface area contributed by atoms with Gasteiger partial charge in [0, 0.05) is 44.9 Å². The molecule has 0 saturated carbocycles. The summed E-state index contributed by atoms with van der Waals surface area (Å²) in [6.07, 6.45) is -0.706. The number of benzene rings is 2. The predicted molar refractivity (Wildman–Crippen MR) is 120 cm³/mol. The molecule has 1 amide bonds. The summed E-state index contributed by atoms with van der Waals surface area (Å²) in [6, 6.07) is 11.3. The van der Waals surface area contributed by atoms with Gasteiger partial charge in [-0.25, -0.2) is 0 Å². The molecule has 2 aromatic carbocycles. The van der Waals surface area contributed by atoms with Crippen LogP contribution < -0.4 is 10.5 Å².